The van der Waals surface area contributed by atoms with Crippen LogP contribution < -0.4 is 0 Å². The van der Waals surface area contributed by atoms with Crippen molar-refractivity contribution in [2.24, 2.45) is 0 Å². The van der Waals surface area contributed by atoms with E-state index >= 15 is 0 Å². The second-order valence-electron chi connectivity index (χ2n) is 15.0. The average Bonchev–Trinajstić information content (AvgIpc) is 3.89. The lowest BCUT2D eigenvalue weighted by atomic mass is 10.0. The zero-order valence-electron chi connectivity index (χ0n) is 32.4. The molecule has 11 aromatic rings. The maximum atomic E-state index is 5.22. The number of hydrogen-bond acceptors (Lipinski definition) is 3. The summed E-state index contributed by atoms with van der Waals surface area (Å²) in [7, 11) is 0. The number of hydrogen-bond donors (Lipinski definition) is 0. The van der Waals surface area contributed by atoms with Crippen LogP contribution in [-0.2, 0) is 0 Å². The van der Waals surface area contributed by atoms with Gasteiger partial charge in [-0.2, -0.15) is 0 Å². The summed E-state index contributed by atoms with van der Waals surface area (Å²) in [5, 5.41) is 3.61. The van der Waals surface area contributed by atoms with Crippen LogP contribution in [0.15, 0.2) is 206 Å². The second-order valence-corrected chi connectivity index (χ2v) is 15.0. The quantitative estimate of drug-likeness (QED) is 0.163. The molecule has 0 bridgehead atoms. The molecular formula is C54H37N5. The largest absolute Gasteiger partial charge is 0.316 e. The molecule has 0 fully saturated rings. The van der Waals surface area contributed by atoms with Crippen LogP contribution in [-0.4, -0.2) is 24.1 Å². The second kappa shape index (κ2) is 14.2. The van der Waals surface area contributed by atoms with Crippen molar-refractivity contribution < 1.29 is 0 Å². The number of aryl methyl sites for hydroxylation is 1. The Hall–Kier alpha value is -7.89. The lowest BCUT2D eigenvalue weighted by Crippen LogP contribution is -2.01. The summed E-state index contributed by atoms with van der Waals surface area (Å²) >= 11 is 0. The van der Waals surface area contributed by atoms with E-state index in [-0.39, 0.29) is 0 Å². The van der Waals surface area contributed by atoms with Crippen LogP contribution in [0.1, 0.15) is 5.56 Å². The highest BCUT2D eigenvalue weighted by molar-refractivity contribution is 6.18. The van der Waals surface area contributed by atoms with Gasteiger partial charge in [-0.25, -0.2) is 15.0 Å². The van der Waals surface area contributed by atoms with E-state index in [2.05, 4.69) is 210 Å². The molecule has 0 aliphatic rings. The fourth-order valence-corrected chi connectivity index (χ4v) is 8.47. The molecule has 8 aromatic carbocycles. The molecule has 0 radical (unpaired) electrons. The Morgan fingerprint density at radius 1 is 0.356 bits per heavy atom. The van der Waals surface area contributed by atoms with Gasteiger partial charge in [-0.3, -0.25) is 0 Å². The van der Waals surface area contributed by atoms with Gasteiger partial charge in [0.1, 0.15) is 0 Å². The Bertz CT molecular complexity index is 3240. The average molecular weight is 756 g/mol. The first-order valence-electron chi connectivity index (χ1n) is 19.9. The minimum absolute atomic E-state index is 0.610. The van der Waals surface area contributed by atoms with E-state index in [4.69, 9.17) is 15.0 Å². The van der Waals surface area contributed by atoms with Gasteiger partial charge in [0, 0.05) is 50.4 Å². The van der Waals surface area contributed by atoms with Crippen LogP contribution in [0.2, 0.25) is 0 Å². The van der Waals surface area contributed by atoms with E-state index in [1.807, 2.05) is 12.1 Å². The minimum Gasteiger partial charge on any atom is -0.316 e. The molecule has 0 atom stereocenters. The molecule has 3 heterocycles. The van der Waals surface area contributed by atoms with E-state index in [0.717, 1.165) is 55.7 Å². The van der Waals surface area contributed by atoms with Crippen LogP contribution in [0.3, 0.4) is 0 Å². The van der Waals surface area contributed by atoms with E-state index in [0.29, 0.717) is 17.5 Å². The maximum absolute atomic E-state index is 5.22. The Morgan fingerprint density at radius 3 is 1.53 bits per heavy atom. The fraction of sp³-hybridized carbons (Fsp3) is 0.0185. The van der Waals surface area contributed by atoms with Gasteiger partial charge in [0.05, 0.1) is 16.6 Å². The number of para-hydroxylation sites is 2. The molecule has 0 N–H and O–H groups in total. The van der Waals surface area contributed by atoms with Gasteiger partial charge in [0.2, 0.25) is 0 Å². The predicted octanol–water partition coefficient (Wildman–Crippen LogP) is 13.6. The molecule has 59 heavy (non-hydrogen) atoms. The minimum atomic E-state index is 0.610. The summed E-state index contributed by atoms with van der Waals surface area (Å²) in [5.74, 6) is 1.85. The summed E-state index contributed by atoms with van der Waals surface area (Å²) in [6, 6.07) is 70.4. The van der Waals surface area contributed by atoms with Crippen molar-refractivity contribution in [2.45, 2.75) is 6.92 Å². The summed E-state index contributed by atoms with van der Waals surface area (Å²) in [6.45, 7) is 2.17. The first kappa shape index (κ1) is 34.4. The highest BCUT2D eigenvalue weighted by Gasteiger charge is 2.19. The Balaban J connectivity index is 1.10. The SMILES string of the molecule is Cc1ccccc1-n1ccc2c1ccc1c3ccccc3n(-c3cccc(-c4nc(-c5cccc(-c6ccccc6)c5)nc(-c5cccc(-c6ccccc6)c5)n4)c3)c12. The Kier molecular flexibility index (Phi) is 8.30. The smallest absolute Gasteiger partial charge is 0.164 e. The van der Waals surface area contributed by atoms with Gasteiger partial charge in [-0.05, 0) is 83.3 Å². The Morgan fingerprint density at radius 2 is 0.881 bits per heavy atom. The van der Waals surface area contributed by atoms with Crippen LogP contribution in [0.5, 0.6) is 0 Å². The number of fused-ring (bicyclic) bond motifs is 5. The molecule has 0 spiro atoms. The number of aromatic nitrogens is 5. The lowest BCUT2D eigenvalue weighted by Gasteiger charge is -2.13. The van der Waals surface area contributed by atoms with Gasteiger partial charge >= 0.3 is 0 Å². The highest BCUT2D eigenvalue weighted by atomic mass is 15.0. The van der Waals surface area contributed by atoms with Crippen molar-refractivity contribution in [2.75, 3.05) is 0 Å². The van der Waals surface area contributed by atoms with Crippen molar-refractivity contribution in [3.63, 3.8) is 0 Å². The fourth-order valence-electron chi connectivity index (χ4n) is 8.47. The van der Waals surface area contributed by atoms with E-state index in [1.165, 1.54) is 32.9 Å². The monoisotopic (exact) mass is 755 g/mol. The topological polar surface area (TPSA) is 48.5 Å². The number of rotatable bonds is 7. The van der Waals surface area contributed by atoms with Crippen molar-refractivity contribution >= 4 is 32.7 Å². The zero-order chi connectivity index (χ0) is 39.3. The molecule has 3 aromatic heterocycles. The predicted molar refractivity (Wildman–Crippen MR) is 243 cm³/mol. The molecule has 5 heteroatoms. The van der Waals surface area contributed by atoms with Crippen molar-refractivity contribution in [1.29, 1.82) is 0 Å². The first-order valence-corrected chi connectivity index (χ1v) is 19.9. The van der Waals surface area contributed by atoms with Gasteiger partial charge in [-0.15, -0.1) is 0 Å². The number of nitrogens with zero attached hydrogens (tertiary/aromatic N) is 5. The third-order valence-electron chi connectivity index (χ3n) is 11.3. The van der Waals surface area contributed by atoms with E-state index in [9.17, 15) is 0 Å². The van der Waals surface area contributed by atoms with Gasteiger partial charge in [0.25, 0.3) is 0 Å². The number of benzene rings is 8. The van der Waals surface area contributed by atoms with Crippen molar-refractivity contribution in [1.82, 2.24) is 24.1 Å². The van der Waals surface area contributed by atoms with Gasteiger partial charge < -0.3 is 9.13 Å². The normalized spacial score (nSPS) is 11.5. The third-order valence-corrected chi connectivity index (χ3v) is 11.3. The van der Waals surface area contributed by atoms with Crippen LogP contribution >= 0.6 is 0 Å². The molecular weight excluding hydrogens is 719 g/mol. The van der Waals surface area contributed by atoms with Crippen molar-refractivity contribution in [3.05, 3.63) is 212 Å². The van der Waals surface area contributed by atoms with Gasteiger partial charge in [-0.1, -0.05) is 152 Å². The molecule has 278 valence electrons. The maximum Gasteiger partial charge on any atom is 0.164 e. The van der Waals surface area contributed by atoms with Crippen molar-refractivity contribution in [3.8, 4) is 67.8 Å². The van der Waals surface area contributed by atoms with Crippen LogP contribution in [0, 0.1) is 6.92 Å². The van der Waals surface area contributed by atoms with Crippen LogP contribution in [0.4, 0.5) is 0 Å². The van der Waals surface area contributed by atoms with E-state index in [1.54, 1.807) is 0 Å². The molecule has 11 rings (SSSR count). The molecule has 0 amide bonds. The summed E-state index contributed by atoms with van der Waals surface area (Å²) < 4.78 is 4.70. The Labute approximate surface area is 342 Å². The van der Waals surface area contributed by atoms with Crippen LogP contribution in [0.25, 0.3) is 101 Å². The third kappa shape index (κ3) is 6.08. The highest BCUT2D eigenvalue weighted by Crippen LogP contribution is 2.39. The molecule has 0 aliphatic heterocycles. The molecule has 0 saturated carbocycles. The summed E-state index contributed by atoms with van der Waals surface area (Å²) in [6.07, 6.45) is 2.19. The molecule has 0 aliphatic carbocycles. The summed E-state index contributed by atoms with van der Waals surface area (Å²) in [4.78, 5) is 15.6. The molecule has 0 saturated heterocycles. The lowest BCUT2D eigenvalue weighted by molar-refractivity contribution is 1.07. The molecule has 0 unspecified atom stereocenters. The van der Waals surface area contributed by atoms with Gasteiger partial charge in [0.15, 0.2) is 17.5 Å². The molecule has 5 nitrogen and oxygen atoms in total. The first-order chi connectivity index (χ1) is 29.2. The van der Waals surface area contributed by atoms with E-state index < -0.39 is 0 Å². The summed E-state index contributed by atoms with van der Waals surface area (Å²) in [5.41, 5.74) is 14.2. The standard InChI is InChI=1S/C54H37N5/c1-36-15-8-10-27-48(36)58-32-31-47-49(58)30-29-46-45-26-9-11-28-50(45)59(51(46)47)44-25-14-24-43(35-44)54-56-52(41-22-12-20-39(33-41)37-16-4-2-5-17-37)55-53(57-54)42-23-13-21-40(34-42)38-18-6-3-7-19-38/h2-35H,1H3. The zero-order valence-corrected chi connectivity index (χ0v) is 32.4.